The Kier molecular flexibility index (Phi) is 5.12. The van der Waals surface area contributed by atoms with E-state index in [-0.39, 0.29) is 18.6 Å². The first-order valence-electron chi connectivity index (χ1n) is 8.45. The predicted octanol–water partition coefficient (Wildman–Crippen LogP) is 3.39. The Balaban J connectivity index is 1.55. The molecule has 0 spiro atoms. The highest BCUT2D eigenvalue weighted by atomic mass is 35.5. The van der Waals surface area contributed by atoms with Gasteiger partial charge in [-0.25, -0.2) is 4.98 Å². The summed E-state index contributed by atoms with van der Waals surface area (Å²) in [5.41, 5.74) is 1.80. The van der Waals surface area contributed by atoms with Crippen LogP contribution in [0, 0.1) is 0 Å². The first-order chi connectivity index (χ1) is 13.0. The Labute approximate surface area is 164 Å². The van der Waals surface area contributed by atoms with Crippen molar-refractivity contribution >= 4 is 44.7 Å². The maximum absolute atomic E-state index is 12.5. The fraction of sp³-hybridized carbons (Fsp3) is 0.263. The average Bonchev–Trinajstić information content (AvgIpc) is 3.24. The van der Waals surface area contributed by atoms with E-state index in [1.54, 1.807) is 36.4 Å². The van der Waals surface area contributed by atoms with Gasteiger partial charge in [0.15, 0.2) is 0 Å². The number of carbonyl (C=O) groups excluding carboxylic acids is 1. The second-order valence-corrected chi connectivity index (χ2v) is 7.85. The van der Waals surface area contributed by atoms with E-state index in [2.05, 4.69) is 10.3 Å². The molecule has 2 aromatic carbocycles. The summed E-state index contributed by atoms with van der Waals surface area (Å²) < 4.78 is 6.59. The van der Waals surface area contributed by atoms with Crippen molar-refractivity contribution in [1.82, 2.24) is 4.98 Å². The Morgan fingerprint density at radius 1 is 1.33 bits per heavy atom. The normalized spacial score (nSPS) is 22.3. The molecule has 0 aliphatic carbocycles. The number of aliphatic hydroxyl groups is 2. The van der Waals surface area contributed by atoms with Gasteiger partial charge in [-0.2, -0.15) is 0 Å². The minimum Gasteiger partial charge on any atom is -0.394 e. The molecule has 4 rings (SSSR count). The van der Waals surface area contributed by atoms with Crippen molar-refractivity contribution in [2.24, 2.45) is 0 Å². The second-order valence-electron chi connectivity index (χ2n) is 6.35. The number of thiazole rings is 1. The van der Waals surface area contributed by atoms with Gasteiger partial charge in [0.25, 0.3) is 5.91 Å². The molecule has 1 amide bonds. The Morgan fingerprint density at radius 2 is 2.19 bits per heavy atom. The van der Waals surface area contributed by atoms with E-state index in [4.69, 9.17) is 16.3 Å². The monoisotopic (exact) mass is 404 g/mol. The molecule has 8 heteroatoms. The minimum absolute atomic E-state index is 0.226. The summed E-state index contributed by atoms with van der Waals surface area (Å²) in [5.74, 6) is -0.249. The molecule has 0 unspecified atom stereocenters. The number of ether oxygens (including phenoxy) is 1. The van der Waals surface area contributed by atoms with Gasteiger partial charge in [-0.05, 0) is 36.4 Å². The molecular formula is C19H17ClN2O4S. The topological polar surface area (TPSA) is 91.7 Å². The number of halogens is 1. The fourth-order valence-corrected chi connectivity index (χ4v) is 4.23. The van der Waals surface area contributed by atoms with Crippen LogP contribution in [0.4, 0.5) is 5.69 Å². The lowest BCUT2D eigenvalue weighted by Crippen LogP contribution is -2.24. The molecule has 0 radical (unpaired) electrons. The molecule has 1 aromatic heterocycles. The standard InChI is InChI=1S/C19H17ClN2O4S/c20-11-2-1-3-12(7-11)21-18(25)10-4-5-17-13(6-10)22-19(27-17)15-8-14(24)16(9-23)26-15/h1-7,14-16,23-24H,8-9H2,(H,21,25)/t14-,15+,16+/m0/s1. The van der Waals surface area contributed by atoms with Gasteiger partial charge in [-0.3, -0.25) is 4.79 Å². The lowest BCUT2D eigenvalue weighted by molar-refractivity contribution is -0.0225. The van der Waals surface area contributed by atoms with Gasteiger partial charge in [0.1, 0.15) is 17.2 Å². The summed E-state index contributed by atoms with van der Waals surface area (Å²) in [4.78, 5) is 17.1. The van der Waals surface area contributed by atoms with Crippen LogP contribution in [0.1, 0.15) is 27.9 Å². The van der Waals surface area contributed by atoms with Gasteiger partial charge in [0.05, 0.1) is 22.9 Å². The highest BCUT2D eigenvalue weighted by Gasteiger charge is 2.35. The van der Waals surface area contributed by atoms with Crippen LogP contribution < -0.4 is 5.32 Å². The number of nitrogens with one attached hydrogen (secondary N) is 1. The molecule has 0 bridgehead atoms. The number of anilines is 1. The summed E-state index contributed by atoms with van der Waals surface area (Å²) in [6.07, 6.45) is -1.24. The SMILES string of the molecule is O=C(Nc1cccc(Cl)c1)c1ccc2sc([C@H]3C[C@H](O)[C@@H](CO)O3)nc2c1. The van der Waals surface area contributed by atoms with Crippen LogP contribution in [0.15, 0.2) is 42.5 Å². The first-order valence-corrected chi connectivity index (χ1v) is 9.65. The molecule has 3 aromatic rings. The third-order valence-corrected chi connectivity index (χ3v) is 5.79. The molecule has 140 valence electrons. The smallest absolute Gasteiger partial charge is 0.255 e. The van der Waals surface area contributed by atoms with Crippen molar-refractivity contribution in [3.05, 3.63) is 58.1 Å². The van der Waals surface area contributed by atoms with Crippen molar-refractivity contribution < 1.29 is 19.7 Å². The molecule has 1 saturated heterocycles. The number of nitrogens with zero attached hydrogens (tertiary/aromatic N) is 1. The molecule has 0 saturated carbocycles. The maximum Gasteiger partial charge on any atom is 0.255 e. The molecule has 6 nitrogen and oxygen atoms in total. The fourth-order valence-electron chi connectivity index (χ4n) is 3.05. The zero-order chi connectivity index (χ0) is 19.0. The third kappa shape index (κ3) is 3.83. The largest absolute Gasteiger partial charge is 0.394 e. The Hall–Kier alpha value is -2.03. The van der Waals surface area contributed by atoms with Crippen molar-refractivity contribution in [3.8, 4) is 0 Å². The molecule has 27 heavy (non-hydrogen) atoms. The van der Waals surface area contributed by atoms with Gasteiger partial charge < -0.3 is 20.3 Å². The number of aliphatic hydroxyl groups excluding tert-OH is 2. The van der Waals surface area contributed by atoms with E-state index in [1.165, 1.54) is 11.3 Å². The van der Waals surface area contributed by atoms with E-state index in [1.807, 2.05) is 6.07 Å². The van der Waals surface area contributed by atoms with Crippen molar-refractivity contribution in [3.63, 3.8) is 0 Å². The molecule has 1 fully saturated rings. The molecule has 1 aliphatic rings. The average molecular weight is 405 g/mol. The number of hydrogen-bond acceptors (Lipinski definition) is 6. The summed E-state index contributed by atoms with van der Waals surface area (Å²) >= 11 is 7.40. The second kappa shape index (κ2) is 7.53. The molecule has 3 N–H and O–H groups in total. The van der Waals surface area contributed by atoms with Crippen LogP contribution in [0.5, 0.6) is 0 Å². The number of amides is 1. The van der Waals surface area contributed by atoms with Crippen LogP contribution >= 0.6 is 22.9 Å². The zero-order valence-corrected chi connectivity index (χ0v) is 15.7. The van der Waals surface area contributed by atoms with Crippen LogP contribution in [0.3, 0.4) is 0 Å². The van der Waals surface area contributed by atoms with E-state index in [0.29, 0.717) is 28.2 Å². The molecule has 2 heterocycles. The van der Waals surface area contributed by atoms with E-state index in [9.17, 15) is 15.0 Å². The van der Waals surface area contributed by atoms with Crippen LogP contribution in [-0.2, 0) is 4.74 Å². The summed E-state index contributed by atoms with van der Waals surface area (Å²) in [6.45, 7) is -0.226. The first kappa shape index (κ1) is 18.3. The zero-order valence-electron chi connectivity index (χ0n) is 14.1. The van der Waals surface area contributed by atoms with Gasteiger partial charge in [0, 0.05) is 22.7 Å². The van der Waals surface area contributed by atoms with Crippen LogP contribution in [0.2, 0.25) is 5.02 Å². The number of aromatic nitrogens is 1. The molecule has 1 aliphatic heterocycles. The summed E-state index contributed by atoms with van der Waals surface area (Å²) in [5, 5.41) is 23.2. The number of carbonyl (C=O) groups is 1. The van der Waals surface area contributed by atoms with E-state index >= 15 is 0 Å². The van der Waals surface area contributed by atoms with Gasteiger partial charge in [-0.15, -0.1) is 11.3 Å². The Bertz CT molecular complexity index is 993. The highest BCUT2D eigenvalue weighted by Crippen LogP contribution is 2.37. The lowest BCUT2D eigenvalue weighted by atomic mass is 10.1. The molecular weight excluding hydrogens is 388 g/mol. The van der Waals surface area contributed by atoms with E-state index < -0.39 is 12.2 Å². The van der Waals surface area contributed by atoms with Crippen LogP contribution in [-0.4, -0.2) is 39.9 Å². The quantitative estimate of drug-likeness (QED) is 0.620. The lowest BCUT2D eigenvalue weighted by Gasteiger charge is -2.09. The van der Waals surface area contributed by atoms with Crippen LogP contribution in [0.25, 0.3) is 10.2 Å². The van der Waals surface area contributed by atoms with Crippen molar-refractivity contribution in [1.29, 1.82) is 0 Å². The third-order valence-electron chi connectivity index (χ3n) is 4.43. The van der Waals surface area contributed by atoms with Crippen molar-refractivity contribution in [2.75, 3.05) is 11.9 Å². The summed E-state index contributed by atoms with van der Waals surface area (Å²) in [6, 6.07) is 12.3. The van der Waals surface area contributed by atoms with Gasteiger partial charge >= 0.3 is 0 Å². The molecule has 3 atom stereocenters. The maximum atomic E-state index is 12.5. The Morgan fingerprint density at radius 3 is 2.93 bits per heavy atom. The van der Waals surface area contributed by atoms with Gasteiger partial charge in [-0.1, -0.05) is 17.7 Å². The van der Waals surface area contributed by atoms with Gasteiger partial charge in [0.2, 0.25) is 0 Å². The highest BCUT2D eigenvalue weighted by molar-refractivity contribution is 7.18. The number of fused-ring (bicyclic) bond motifs is 1. The van der Waals surface area contributed by atoms with Crippen molar-refractivity contribution in [2.45, 2.75) is 24.7 Å². The van der Waals surface area contributed by atoms with E-state index in [0.717, 1.165) is 9.71 Å². The minimum atomic E-state index is -0.703. The number of rotatable bonds is 4. The number of hydrogen-bond donors (Lipinski definition) is 3. The summed E-state index contributed by atoms with van der Waals surface area (Å²) in [7, 11) is 0. The predicted molar refractivity (Wildman–Crippen MR) is 104 cm³/mol. The number of benzene rings is 2.